The van der Waals surface area contributed by atoms with Crippen molar-refractivity contribution >= 4 is 11.9 Å². The van der Waals surface area contributed by atoms with Crippen molar-refractivity contribution in [1.82, 2.24) is 5.32 Å². The van der Waals surface area contributed by atoms with Gasteiger partial charge in [-0.05, 0) is 97.7 Å². The maximum Gasteiger partial charge on any atom is 1.00 e. The van der Waals surface area contributed by atoms with E-state index in [4.69, 9.17) is 0 Å². The Morgan fingerprint density at radius 3 is 2.44 bits per heavy atom. The van der Waals surface area contributed by atoms with E-state index in [1.807, 2.05) is 0 Å². The first-order chi connectivity index (χ1) is 15.5. The van der Waals surface area contributed by atoms with Gasteiger partial charge in [-0.3, -0.25) is 4.79 Å². The standard InChI is InChI=1S/C26H43NO6.Na/c1-14(4-7-22(31)27-13-23(32)33)17-5-6-18-24-19(12-21(30)26(17,18)3)25(2)9-8-16(28)10-15(25)11-20(24)29;/h14-21,24,28-30H,4-13H2,1-3H3,(H,27,31)(H,32,33);/q;+1/p-1/t14?,15-,16+,17+,18-,19-,20+,21-,24-,25-,26+;/m0./s1. The van der Waals surface area contributed by atoms with Gasteiger partial charge in [-0.15, -0.1) is 0 Å². The van der Waals surface area contributed by atoms with Crippen molar-refractivity contribution < 1.29 is 59.6 Å². The number of carbonyl (C=O) groups excluding carboxylic acids is 2. The molecule has 0 aromatic heterocycles. The van der Waals surface area contributed by atoms with Gasteiger partial charge in [-0.2, -0.15) is 0 Å². The van der Waals surface area contributed by atoms with E-state index in [1.165, 1.54) is 0 Å². The predicted molar refractivity (Wildman–Crippen MR) is 120 cm³/mol. The molecular weight excluding hydrogens is 445 g/mol. The molecule has 4 rings (SSSR count). The van der Waals surface area contributed by atoms with Gasteiger partial charge in [0.1, 0.15) is 0 Å². The molecule has 0 aliphatic heterocycles. The summed E-state index contributed by atoms with van der Waals surface area (Å²) in [7, 11) is 0. The Morgan fingerprint density at radius 2 is 1.76 bits per heavy atom. The van der Waals surface area contributed by atoms with Gasteiger partial charge in [0.25, 0.3) is 0 Å². The van der Waals surface area contributed by atoms with Gasteiger partial charge in [-0.1, -0.05) is 20.8 Å². The Morgan fingerprint density at radius 1 is 1.06 bits per heavy atom. The molecule has 8 heteroatoms. The Balaban J connectivity index is 0.00000324. The molecule has 1 unspecified atom stereocenters. The van der Waals surface area contributed by atoms with Crippen molar-refractivity contribution in [3.8, 4) is 0 Å². The number of fused-ring (bicyclic) bond motifs is 5. The molecule has 4 N–H and O–H groups in total. The summed E-state index contributed by atoms with van der Waals surface area (Å²) in [5.74, 6) is -0.0789. The zero-order valence-electron chi connectivity index (χ0n) is 21.3. The van der Waals surface area contributed by atoms with Crippen LogP contribution in [0.1, 0.15) is 78.6 Å². The van der Waals surface area contributed by atoms with E-state index in [0.29, 0.717) is 18.8 Å². The number of hydrogen-bond acceptors (Lipinski definition) is 6. The minimum atomic E-state index is -1.29. The SMILES string of the molecule is CC(CCC(=O)NCC(=O)[O-])[C@H]1CC[C@H]2[C@@H]3[C@H](O)C[C@@H]4C[C@H](O)CC[C@]4(C)[C@H]3C[C@H](O)[C@]12C.[Na+]. The Labute approximate surface area is 225 Å². The van der Waals surface area contributed by atoms with Gasteiger partial charge >= 0.3 is 29.6 Å². The van der Waals surface area contributed by atoms with E-state index in [9.17, 15) is 30.0 Å². The van der Waals surface area contributed by atoms with E-state index in [1.54, 1.807) is 0 Å². The molecule has 0 saturated heterocycles. The predicted octanol–water partition coefficient (Wildman–Crippen LogP) is -1.77. The van der Waals surface area contributed by atoms with Crippen molar-refractivity contribution in [3.63, 3.8) is 0 Å². The second kappa shape index (κ2) is 10.7. The van der Waals surface area contributed by atoms with Crippen molar-refractivity contribution in [3.05, 3.63) is 0 Å². The van der Waals surface area contributed by atoms with Crippen LogP contribution in [0.3, 0.4) is 0 Å². The number of aliphatic carboxylic acids is 1. The summed E-state index contributed by atoms with van der Waals surface area (Å²) in [6, 6.07) is 0. The number of carboxylic acid groups (broad SMARTS) is 1. The summed E-state index contributed by atoms with van der Waals surface area (Å²) >= 11 is 0. The molecule has 4 aliphatic carbocycles. The van der Waals surface area contributed by atoms with Gasteiger partial charge in [0.2, 0.25) is 5.91 Å². The molecule has 0 spiro atoms. The first-order valence-corrected chi connectivity index (χ1v) is 13.0. The summed E-state index contributed by atoms with van der Waals surface area (Å²) in [4.78, 5) is 22.6. The molecule has 188 valence electrons. The largest absolute Gasteiger partial charge is 1.00 e. The fourth-order valence-corrected chi connectivity index (χ4v) is 8.95. The smallest absolute Gasteiger partial charge is 0.548 e. The number of hydrogen-bond donors (Lipinski definition) is 4. The molecule has 11 atom stereocenters. The molecule has 7 nitrogen and oxygen atoms in total. The van der Waals surface area contributed by atoms with Crippen LogP contribution in [-0.4, -0.2) is 52.1 Å². The number of rotatable bonds is 6. The molecule has 0 bridgehead atoms. The zero-order chi connectivity index (χ0) is 24.1. The van der Waals surface area contributed by atoms with E-state index >= 15 is 0 Å². The topological polar surface area (TPSA) is 130 Å². The van der Waals surface area contributed by atoms with Crippen LogP contribution in [0.4, 0.5) is 0 Å². The Kier molecular flexibility index (Phi) is 8.91. The van der Waals surface area contributed by atoms with Crippen LogP contribution in [0, 0.1) is 46.3 Å². The van der Waals surface area contributed by atoms with Crippen molar-refractivity contribution in [2.75, 3.05) is 6.54 Å². The third kappa shape index (κ3) is 4.87. The summed E-state index contributed by atoms with van der Waals surface area (Å²) < 4.78 is 0. The van der Waals surface area contributed by atoms with Crippen molar-refractivity contribution in [1.29, 1.82) is 0 Å². The van der Waals surface area contributed by atoms with Crippen LogP contribution >= 0.6 is 0 Å². The van der Waals surface area contributed by atoms with E-state index in [-0.39, 0.29) is 94.5 Å². The van der Waals surface area contributed by atoms with E-state index < -0.39 is 18.6 Å². The van der Waals surface area contributed by atoms with E-state index in [2.05, 4.69) is 26.1 Å². The van der Waals surface area contributed by atoms with Crippen LogP contribution in [0.25, 0.3) is 0 Å². The van der Waals surface area contributed by atoms with Gasteiger partial charge in [-0.25, -0.2) is 0 Å². The maximum atomic E-state index is 12.0. The summed E-state index contributed by atoms with van der Waals surface area (Å²) in [6.07, 6.45) is 5.75. The van der Waals surface area contributed by atoms with Crippen molar-refractivity contribution in [2.24, 2.45) is 46.3 Å². The fraction of sp³-hybridized carbons (Fsp3) is 0.923. The molecule has 0 heterocycles. The Bertz CT molecular complexity index is 766. The maximum absolute atomic E-state index is 12.0. The molecule has 34 heavy (non-hydrogen) atoms. The molecule has 4 aliphatic rings. The third-order valence-corrected chi connectivity index (χ3v) is 10.8. The zero-order valence-corrected chi connectivity index (χ0v) is 23.3. The first-order valence-electron chi connectivity index (χ1n) is 13.0. The van der Waals surface area contributed by atoms with Gasteiger partial charge in [0, 0.05) is 6.42 Å². The minimum Gasteiger partial charge on any atom is -0.548 e. The molecule has 4 saturated carbocycles. The normalized spacial score (nSPS) is 46.3. The average molecular weight is 488 g/mol. The summed E-state index contributed by atoms with van der Waals surface area (Å²) in [5, 5.41) is 46.1. The van der Waals surface area contributed by atoms with Gasteiger partial charge < -0.3 is 30.5 Å². The second-order valence-corrected chi connectivity index (χ2v) is 12.2. The number of aliphatic hydroxyl groups excluding tert-OH is 3. The van der Waals surface area contributed by atoms with Crippen LogP contribution in [0.2, 0.25) is 0 Å². The van der Waals surface area contributed by atoms with Crippen LogP contribution in [-0.2, 0) is 9.59 Å². The molecule has 1 amide bonds. The third-order valence-electron chi connectivity index (χ3n) is 10.8. The monoisotopic (exact) mass is 487 g/mol. The first kappa shape index (κ1) is 28.4. The van der Waals surface area contributed by atoms with Crippen LogP contribution < -0.4 is 40.0 Å². The van der Waals surface area contributed by atoms with Gasteiger partial charge in [0.05, 0.1) is 30.8 Å². The van der Waals surface area contributed by atoms with Gasteiger partial charge in [0.15, 0.2) is 0 Å². The molecule has 0 aromatic rings. The van der Waals surface area contributed by atoms with Crippen LogP contribution in [0.5, 0.6) is 0 Å². The number of aliphatic hydroxyl groups is 3. The summed E-state index contributed by atoms with van der Waals surface area (Å²) in [6.45, 7) is 6.21. The van der Waals surface area contributed by atoms with E-state index in [0.717, 1.165) is 38.5 Å². The number of amides is 1. The number of nitrogens with one attached hydrogen (secondary N) is 1. The molecular formula is C26H42NNaO6. The molecule has 4 fully saturated rings. The van der Waals surface area contributed by atoms with Crippen LogP contribution in [0.15, 0.2) is 0 Å². The average Bonchev–Trinajstić information content (AvgIpc) is 3.11. The quantitative estimate of drug-likeness (QED) is 0.328. The molecule has 0 radical (unpaired) electrons. The fourth-order valence-electron chi connectivity index (χ4n) is 8.95. The molecule has 0 aromatic carbocycles. The number of carbonyl (C=O) groups is 2. The minimum absolute atomic E-state index is 0. The number of carboxylic acids is 1. The second-order valence-electron chi connectivity index (χ2n) is 12.2. The van der Waals surface area contributed by atoms with Crippen molar-refractivity contribution in [2.45, 2.75) is 96.9 Å². The Hall–Kier alpha value is -0.180. The summed E-state index contributed by atoms with van der Waals surface area (Å²) in [5.41, 5.74) is -0.230.